The lowest BCUT2D eigenvalue weighted by Gasteiger charge is -2.24. The third-order valence-corrected chi connectivity index (χ3v) is 5.68. The number of carbonyl (C=O) groups is 4. The Balaban J connectivity index is 1.78. The first-order chi connectivity index (χ1) is 18.1. The highest BCUT2D eigenvalue weighted by Crippen LogP contribution is 2.12. The van der Waals surface area contributed by atoms with Crippen molar-refractivity contribution in [3.8, 4) is 5.75 Å². The Kier molecular flexibility index (Phi) is 9.54. The number of phenols is 1. The molecule has 14 nitrogen and oxygen atoms in total. The number of aliphatic carboxylic acids is 1. The largest absolute Gasteiger partial charge is 0.508 e. The van der Waals surface area contributed by atoms with Crippen LogP contribution >= 0.6 is 0 Å². The van der Waals surface area contributed by atoms with Crippen molar-refractivity contribution < 1.29 is 29.4 Å². The van der Waals surface area contributed by atoms with E-state index < -0.39 is 47.9 Å². The molecule has 2 heterocycles. The van der Waals surface area contributed by atoms with E-state index in [0.717, 1.165) is 0 Å². The fourth-order valence-electron chi connectivity index (χ4n) is 3.56. The molecular weight excluding hydrogens is 496 g/mol. The monoisotopic (exact) mass is 526 g/mol. The minimum Gasteiger partial charge on any atom is -0.508 e. The molecule has 2 aromatic heterocycles. The molecule has 202 valence electrons. The van der Waals surface area contributed by atoms with Crippen LogP contribution in [0.3, 0.4) is 0 Å². The van der Waals surface area contributed by atoms with Crippen LogP contribution in [0.1, 0.15) is 23.9 Å². The van der Waals surface area contributed by atoms with Crippen LogP contribution in [0.2, 0.25) is 0 Å². The van der Waals surface area contributed by atoms with Crippen molar-refractivity contribution in [2.45, 2.75) is 50.4 Å². The predicted octanol–water partition coefficient (Wildman–Crippen LogP) is -1.25. The number of rotatable bonds is 13. The highest BCUT2D eigenvalue weighted by molar-refractivity contribution is 5.94. The number of nitrogens with two attached hydrogens (primary N) is 1. The average Bonchev–Trinajstić information content (AvgIpc) is 3.58. The van der Waals surface area contributed by atoms with Gasteiger partial charge in [-0.25, -0.2) is 9.97 Å². The molecule has 1 aromatic carbocycles. The van der Waals surface area contributed by atoms with Crippen LogP contribution in [0.5, 0.6) is 5.75 Å². The third kappa shape index (κ3) is 8.16. The number of carboxylic acids is 1. The van der Waals surface area contributed by atoms with Crippen LogP contribution in [0.25, 0.3) is 0 Å². The molecule has 0 radical (unpaired) electrons. The van der Waals surface area contributed by atoms with Crippen molar-refractivity contribution in [1.29, 1.82) is 0 Å². The number of phenolic OH excluding ortho intramolecular Hbond substituents is 1. The first-order valence-corrected chi connectivity index (χ1v) is 11.7. The fraction of sp³-hybridized carbons (Fsp3) is 0.333. The fourth-order valence-corrected chi connectivity index (χ4v) is 3.56. The van der Waals surface area contributed by atoms with E-state index >= 15 is 0 Å². The first kappa shape index (κ1) is 27.9. The van der Waals surface area contributed by atoms with Crippen molar-refractivity contribution in [3.05, 3.63) is 66.3 Å². The predicted molar refractivity (Wildman–Crippen MR) is 133 cm³/mol. The van der Waals surface area contributed by atoms with Gasteiger partial charge in [0.2, 0.25) is 17.7 Å². The van der Waals surface area contributed by atoms with Crippen LogP contribution in [0.15, 0.2) is 49.3 Å². The Hall–Kier alpha value is -4.72. The van der Waals surface area contributed by atoms with Gasteiger partial charge in [0.05, 0.1) is 18.7 Å². The molecule has 3 amide bonds. The molecule has 4 atom stereocenters. The molecule has 0 saturated heterocycles. The number of carbonyl (C=O) groups excluding carboxylic acids is 3. The van der Waals surface area contributed by atoms with Gasteiger partial charge >= 0.3 is 5.97 Å². The summed E-state index contributed by atoms with van der Waals surface area (Å²) < 4.78 is 0. The second kappa shape index (κ2) is 13.0. The van der Waals surface area contributed by atoms with Crippen LogP contribution in [0, 0.1) is 0 Å². The summed E-state index contributed by atoms with van der Waals surface area (Å²) in [4.78, 5) is 63.9. The molecule has 0 spiro atoms. The zero-order chi connectivity index (χ0) is 27.7. The molecule has 9 N–H and O–H groups in total. The Labute approximate surface area is 217 Å². The summed E-state index contributed by atoms with van der Waals surface area (Å²) in [6, 6.07) is 1.56. The van der Waals surface area contributed by atoms with Crippen molar-refractivity contribution in [2.75, 3.05) is 0 Å². The van der Waals surface area contributed by atoms with Gasteiger partial charge in [-0.2, -0.15) is 0 Å². The normalized spacial score (nSPS) is 14.1. The SMILES string of the molecule is CC(NC(=O)C(Cc1cnc[nH]1)NC(=O)C(Cc1ccc(O)cc1)NC(=O)C(N)Cc1cnc[nH]1)C(=O)O. The van der Waals surface area contributed by atoms with E-state index in [2.05, 4.69) is 35.9 Å². The van der Waals surface area contributed by atoms with E-state index in [4.69, 9.17) is 10.8 Å². The van der Waals surface area contributed by atoms with Crippen molar-refractivity contribution in [1.82, 2.24) is 35.9 Å². The molecular formula is C24H30N8O6. The van der Waals surface area contributed by atoms with E-state index in [-0.39, 0.29) is 25.0 Å². The number of imidazole rings is 2. The molecule has 14 heteroatoms. The molecule has 0 bridgehead atoms. The second-order valence-electron chi connectivity index (χ2n) is 8.73. The maximum absolute atomic E-state index is 13.4. The first-order valence-electron chi connectivity index (χ1n) is 11.7. The average molecular weight is 527 g/mol. The van der Waals surface area contributed by atoms with Crippen LogP contribution in [-0.4, -0.2) is 78.0 Å². The number of benzene rings is 1. The van der Waals surface area contributed by atoms with Gasteiger partial charge in [-0.1, -0.05) is 12.1 Å². The minimum atomic E-state index is -1.24. The number of aromatic amines is 2. The number of amides is 3. The molecule has 0 aliphatic rings. The summed E-state index contributed by atoms with van der Waals surface area (Å²) in [7, 11) is 0. The lowest BCUT2D eigenvalue weighted by molar-refractivity contribution is -0.141. The number of nitrogens with zero attached hydrogens (tertiary/aromatic N) is 2. The van der Waals surface area contributed by atoms with E-state index in [1.165, 1.54) is 44.1 Å². The molecule has 0 aliphatic carbocycles. The highest BCUT2D eigenvalue weighted by atomic mass is 16.4. The number of hydrogen-bond acceptors (Lipinski definition) is 8. The molecule has 0 aliphatic heterocycles. The van der Waals surface area contributed by atoms with Crippen LogP contribution in [-0.2, 0) is 38.4 Å². The number of hydrogen-bond donors (Lipinski definition) is 8. The smallest absolute Gasteiger partial charge is 0.325 e. The molecule has 38 heavy (non-hydrogen) atoms. The highest BCUT2D eigenvalue weighted by Gasteiger charge is 2.30. The Morgan fingerprint density at radius 3 is 1.92 bits per heavy atom. The maximum atomic E-state index is 13.4. The zero-order valence-electron chi connectivity index (χ0n) is 20.5. The van der Waals surface area contributed by atoms with Gasteiger partial charge in [0.15, 0.2) is 0 Å². The van der Waals surface area contributed by atoms with Gasteiger partial charge in [0, 0.05) is 43.0 Å². The summed E-state index contributed by atoms with van der Waals surface area (Å²) in [5.74, 6) is -3.23. The van der Waals surface area contributed by atoms with Gasteiger partial charge < -0.3 is 41.9 Å². The van der Waals surface area contributed by atoms with Gasteiger partial charge in [0.1, 0.15) is 23.9 Å². The summed E-state index contributed by atoms with van der Waals surface area (Å²) in [6.07, 6.45) is 6.03. The van der Waals surface area contributed by atoms with Crippen molar-refractivity contribution in [2.24, 2.45) is 5.73 Å². The number of carboxylic acid groups (broad SMARTS) is 1. The van der Waals surface area contributed by atoms with E-state index in [1.54, 1.807) is 12.1 Å². The van der Waals surface area contributed by atoms with E-state index in [9.17, 15) is 24.3 Å². The lowest BCUT2D eigenvalue weighted by Crippen LogP contribution is -2.58. The quantitative estimate of drug-likeness (QED) is 0.133. The summed E-state index contributed by atoms with van der Waals surface area (Å²) in [5, 5.41) is 26.3. The molecule has 4 unspecified atom stereocenters. The topological polar surface area (TPSA) is 228 Å². The number of aromatic hydroxyl groups is 1. The van der Waals surface area contributed by atoms with Gasteiger partial charge in [-0.15, -0.1) is 0 Å². The van der Waals surface area contributed by atoms with E-state index in [0.29, 0.717) is 17.0 Å². The van der Waals surface area contributed by atoms with Gasteiger partial charge in [-0.05, 0) is 24.6 Å². The number of nitrogens with one attached hydrogen (secondary N) is 5. The Morgan fingerprint density at radius 2 is 1.37 bits per heavy atom. The minimum absolute atomic E-state index is 0.0108. The molecule has 0 fully saturated rings. The van der Waals surface area contributed by atoms with Crippen molar-refractivity contribution >= 4 is 23.7 Å². The summed E-state index contributed by atoms with van der Waals surface area (Å²) in [6.45, 7) is 1.30. The summed E-state index contributed by atoms with van der Waals surface area (Å²) in [5.41, 5.74) is 7.82. The molecule has 0 saturated carbocycles. The zero-order valence-corrected chi connectivity index (χ0v) is 20.5. The van der Waals surface area contributed by atoms with Gasteiger partial charge in [-0.3, -0.25) is 19.2 Å². The molecule has 3 aromatic rings. The van der Waals surface area contributed by atoms with Crippen LogP contribution < -0.4 is 21.7 Å². The van der Waals surface area contributed by atoms with Gasteiger partial charge in [0.25, 0.3) is 0 Å². The van der Waals surface area contributed by atoms with E-state index in [1.807, 2.05) is 0 Å². The number of H-pyrrole nitrogens is 2. The third-order valence-electron chi connectivity index (χ3n) is 5.68. The van der Waals surface area contributed by atoms with Crippen LogP contribution in [0.4, 0.5) is 0 Å². The second-order valence-corrected chi connectivity index (χ2v) is 8.73. The maximum Gasteiger partial charge on any atom is 0.325 e. The molecule has 3 rings (SSSR count). The number of aromatic nitrogens is 4. The Morgan fingerprint density at radius 1 is 0.842 bits per heavy atom. The lowest BCUT2D eigenvalue weighted by atomic mass is 10.0. The Bertz CT molecular complexity index is 1210. The standard InChI is InChI=1S/C24H30N8O6/c1-13(24(37)38)30-22(35)20(8-16-10-27-12-29-16)32-23(36)19(6-14-2-4-17(33)5-3-14)31-21(34)18(25)7-15-9-26-11-28-15/h2-5,9-13,18-20,33H,6-8,25H2,1H3,(H,26,28)(H,27,29)(H,30,35)(H,31,34)(H,32,36)(H,37,38). The van der Waals surface area contributed by atoms with Crippen molar-refractivity contribution in [3.63, 3.8) is 0 Å². The summed E-state index contributed by atoms with van der Waals surface area (Å²) >= 11 is 0.